The summed E-state index contributed by atoms with van der Waals surface area (Å²) in [5.74, 6) is 5.54. The Hall–Kier alpha value is -1.67. The zero-order chi connectivity index (χ0) is 21.3. The monoisotopic (exact) mass is 474 g/mol. The van der Waals surface area contributed by atoms with E-state index >= 15 is 0 Å². The van der Waals surface area contributed by atoms with Crippen molar-refractivity contribution in [3.63, 3.8) is 0 Å². The van der Waals surface area contributed by atoms with Gasteiger partial charge in [0.1, 0.15) is 11.7 Å². The highest BCUT2D eigenvalue weighted by molar-refractivity contribution is 7.99. The number of rotatable bonds is 2. The van der Waals surface area contributed by atoms with Crippen molar-refractivity contribution in [2.24, 2.45) is 7.05 Å². The molecular weight excluding hydrogens is 446 g/mol. The number of ether oxygens (including phenoxy) is 3. The second-order valence-electron chi connectivity index (χ2n) is 7.04. The first-order valence-corrected chi connectivity index (χ1v) is 13.6. The Bertz CT molecular complexity index is 1020. The highest BCUT2D eigenvalue weighted by Crippen LogP contribution is 2.30. The van der Waals surface area contributed by atoms with E-state index in [1.165, 1.54) is 15.2 Å². The van der Waals surface area contributed by atoms with Crippen molar-refractivity contribution in [2.75, 3.05) is 49.4 Å². The van der Waals surface area contributed by atoms with E-state index in [1.54, 1.807) is 11.3 Å². The molecular formula is C24H28NO3S3+. The number of aromatic nitrogens is 1. The summed E-state index contributed by atoms with van der Waals surface area (Å²) >= 11 is 5.52. The Kier molecular flexibility index (Phi) is 8.58. The molecule has 4 rings (SSSR count). The molecule has 3 aromatic rings. The molecule has 31 heavy (non-hydrogen) atoms. The van der Waals surface area contributed by atoms with Gasteiger partial charge in [0.25, 0.3) is 5.01 Å². The van der Waals surface area contributed by atoms with E-state index < -0.39 is 0 Å². The Labute approximate surface area is 196 Å². The Balaban J connectivity index is 1.49. The molecule has 1 aromatic heterocycles. The van der Waals surface area contributed by atoms with E-state index in [0.29, 0.717) is 13.2 Å². The first kappa shape index (κ1) is 22.5. The van der Waals surface area contributed by atoms with Crippen molar-refractivity contribution in [1.82, 2.24) is 0 Å². The third-order valence-electron chi connectivity index (χ3n) is 4.87. The van der Waals surface area contributed by atoms with E-state index in [4.69, 9.17) is 14.2 Å². The van der Waals surface area contributed by atoms with Gasteiger partial charge in [0.05, 0.1) is 26.4 Å². The third-order valence-corrected chi connectivity index (χ3v) is 7.88. The molecule has 0 aliphatic carbocycles. The van der Waals surface area contributed by atoms with Crippen LogP contribution in [0.1, 0.15) is 10.6 Å². The van der Waals surface area contributed by atoms with E-state index in [2.05, 4.69) is 60.2 Å². The van der Waals surface area contributed by atoms with Crippen LogP contribution in [0.4, 0.5) is 0 Å². The Morgan fingerprint density at radius 3 is 2.29 bits per heavy atom. The van der Waals surface area contributed by atoms with Gasteiger partial charge in [-0.2, -0.15) is 28.1 Å². The first-order chi connectivity index (χ1) is 15.3. The lowest BCUT2D eigenvalue weighted by molar-refractivity contribution is -0.642. The predicted molar refractivity (Wildman–Crippen MR) is 135 cm³/mol. The van der Waals surface area contributed by atoms with E-state index in [-0.39, 0.29) is 0 Å². The van der Waals surface area contributed by atoms with Crippen molar-refractivity contribution in [1.29, 1.82) is 0 Å². The largest absolute Gasteiger partial charge is 0.489 e. The molecule has 0 unspecified atom stereocenters. The summed E-state index contributed by atoms with van der Waals surface area (Å²) in [6.07, 6.45) is 4.32. The van der Waals surface area contributed by atoms with Crippen LogP contribution < -0.4 is 14.0 Å². The Morgan fingerprint density at radius 1 is 0.806 bits per heavy atom. The molecule has 4 nitrogen and oxygen atoms in total. The molecule has 1 aliphatic heterocycles. The lowest BCUT2D eigenvalue weighted by Gasteiger charge is -2.13. The van der Waals surface area contributed by atoms with Crippen LogP contribution in [0.3, 0.4) is 0 Å². The van der Waals surface area contributed by atoms with Crippen molar-refractivity contribution < 1.29 is 18.8 Å². The van der Waals surface area contributed by atoms with Gasteiger partial charge in [-0.1, -0.05) is 29.5 Å². The molecule has 0 saturated carbocycles. The van der Waals surface area contributed by atoms with Crippen LogP contribution in [0.2, 0.25) is 0 Å². The van der Waals surface area contributed by atoms with Gasteiger partial charge < -0.3 is 14.2 Å². The van der Waals surface area contributed by atoms with Crippen molar-refractivity contribution in [3.05, 3.63) is 53.0 Å². The van der Waals surface area contributed by atoms with Crippen molar-refractivity contribution >= 4 is 57.2 Å². The normalized spacial score (nSPS) is 16.8. The number of thioether (sulfide) groups is 2. The minimum Gasteiger partial charge on any atom is -0.489 e. The maximum atomic E-state index is 6.10. The average Bonchev–Trinajstić information content (AvgIpc) is 3.11. The van der Waals surface area contributed by atoms with Gasteiger partial charge in [-0.25, -0.2) is 0 Å². The van der Waals surface area contributed by atoms with Crippen LogP contribution in [0.25, 0.3) is 22.4 Å². The minimum atomic E-state index is 0.661. The summed E-state index contributed by atoms with van der Waals surface area (Å²) < 4.78 is 21.3. The molecule has 0 saturated heterocycles. The standard InChI is InChI=1S/C24H28NO3S3/c1-25-20-4-2-3-5-23(20)31-24(25)9-7-19-6-8-21-22(18-19)28-13-17-30-15-11-26-10-14-29-16-12-27-21/h2-9,18H,10-17H2,1H3/q+1/b9-7+. The summed E-state index contributed by atoms with van der Waals surface area (Å²) in [5, 5.41) is 1.21. The summed E-state index contributed by atoms with van der Waals surface area (Å²) in [4.78, 5) is 0. The first-order valence-electron chi connectivity index (χ1n) is 10.5. The summed E-state index contributed by atoms with van der Waals surface area (Å²) in [5.41, 5.74) is 2.36. The summed E-state index contributed by atoms with van der Waals surface area (Å²) in [7, 11) is 2.11. The molecule has 0 fully saturated rings. The molecule has 0 amide bonds. The third kappa shape index (κ3) is 6.42. The SMILES string of the molecule is C[n+]1c(/C=C/c2ccc3c(c2)OCCSCCOCCSCCO3)sc2ccccc21. The number of nitrogens with zero attached hydrogens (tertiary/aromatic N) is 1. The highest BCUT2D eigenvalue weighted by Gasteiger charge is 2.13. The number of fused-ring (bicyclic) bond motifs is 2. The van der Waals surface area contributed by atoms with E-state index in [9.17, 15) is 0 Å². The number of aryl methyl sites for hydroxylation is 1. The number of hydrogen-bond donors (Lipinski definition) is 0. The second kappa shape index (κ2) is 11.8. The number of benzene rings is 2. The quantitative estimate of drug-likeness (QED) is 0.480. The van der Waals surface area contributed by atoms with E-state index in [1.807, 2.05) is 29.6 Å². The molecule has 164 valence electrons. The highest BCUT2D eigenvalue weighted by atomic mass is 32.2. The zero-order valence-corrected chi connectivity index (χ0v) is 20.2. The van der Waals surface area contributed by atoms with Gasteiger partial charge in [0, 0.05) is 35.2 Å². The lowest BCUT2D eigenvalue weighted by Crippen LogP contribution is -2.28. The summed E-state index contributed by atoms with van der Waals surface area (Å²) in [6.45, 7) is 2.95. The molecule has 2 aromatic carbocycles. The lowest BCUT2D eigenvalue weighted by atomic mass is 10.2. The van der Waals surface area contributed by atoms with Crippen LogP contribution in [0.5, 0.6) is 11.5 Å². The molecule has 0 N–H and O–H groups in total. The van der Waals surface area contributed by atoms with Crippen molar-refractivity contribution in [3.8, 4) is 11.5 Å². The molecule has 1 aliphatic rings. The minimum absolute atomic E-state index is 0.661. The maximum absolute atomic E-state index is 6.10. The summed E-state index contributed by atoms with van der Waals surface area (Å²) in [6, 6.07) is 14.7. The van der Waals surface area contributed by atoms with Crippen LogP contribution in [0, 0.1) is 0 Å². The van der Waals surface area contributed by atoms with Gasteiger partial charge in [-0.05, 0) is 29.8 Å². The van der Waals surface area contributed by atoms with E-state index in [0.717, 1.165) is 53.3 Å². The molecule has 0 radical (unpaired) electrons. The van der Waals surface area contributed by atoms with Gasteiger partial charge >= 0.3 is 0 Å². The van der Waals surface area contributed by atoms with Crippen LogP contribution in [-0.4, -0.2) is 49.4 Å². The van der Waals surface area contributed by atoms with Gasteiger partial charge in [-0.3, -0.25) is 0 Å². The predicted octanol–water partition coefficient (Wildman–Crippen LogP) is 5.15. The smallest absolute Gasteiger partial charge is 0.262 e. The molecule has 2 heterocycles. The van der Waals surface area contributed by atoms with Gasteiger partial charge in [-0.15, -0.1) is 0 Å². The van der Waals surface area contributed by atoms with Crippen molar-refractivity contribution in [2.45, 2.75) is 0 Å². The van der Waals surface area contributed by atoms with Crippen LogP contribution >= 0.6 is 34.9 Å². The number of thiazole rings is 1. The Morgan fingerprint density at radius 2 is 1.52 bits per heavy atom. The average molecular weight is 475 g/mol. The van der Waals surface area contributed by atoms with Gasteiger partial charge in [0.15, 0.2) is 11.5 Å². The molecule has 0 bridgehead atoms. The topological polar surface area (TPSA) is 31.6 Å². The number of para-hydroxylation sites is 1. The van der Waals surface area contributed by atoms with Crippen LogP contribution in [-0.2, 0) is 11.8 Å². The molecule has 0 spiro atoms. The second-order valence-corrected chi connectivity index (χ2v) is 10.6. The molecule has 7 heteroatoms. The fourth-order valence-corrected chi connectivity index (χ4v) is 5.59. The van der Waals surface area contributed by atoms with Crippen LogP contribution in [0.15, 0.2) is 42.5 Å². The fraction of sp³-hybridized carbons (Fsp3) is 0.375. The van der Waals surface area contributed by atoms with Gasteiger partial charge in [0.2, 0.25) is 5.52 Å². The maximum Gasteiger partial charge on any atom is 0.262 e. The number of hydrogen-bond acceptors (Lipinski definition) is 6. The zero-order valence-electron chi connectivity index (χ0n) is 17.7. The molecule has 0 atom stereocenters. The fourth-order valence-electron chi connectivity index (χ4n) is 3.26.